The highest BCUT2D eigenvalue weighted by Crippen LogP contribution is 2.34. The molecule has 0 saturated carbocycles. The third kappa shape index (κ3) is 1.86. The van der Waals surface area contributed by atoms with E-state index in [1.807, 2.05) is 31.2 Å². The second-order valence-electron chi connectivity index (χ2n) is 4.73. The predicted octanol–water partition coefficient (Wildman–Crippen LogP) is 2.34. The van der Waals surface area contributed by atoms with Gasteiger partial charge in [0.2, 0.25) is 5.82 Å². The average Bonchev–Trinajstić information content (AvgIpc) is 2.99. The number of nitrogens with zero attached hydrogens (tertiary/aromatic N) is 2. The first-order valence-corrected chi connectivity index (χ1v) is 6.01. The number of benzene rings is 1. The molecule has 5 nitrogen and oxygen atoms in total. The Bertz CT molecular complexity index is 542. The van der Waals surface area contributed by atoms with Crippen LogP contribution in [0.2, 0.25) is 0 Å². The maximum atomic E-state index is 5.69. The summed E-state index contributed by atoms with van der Waals surface area (Å²) in [4.78, 5) is 4.42. The third-order valence-electron chi connectivity index (χ3n) is 3.28. The van der Waals surface area contributed by atoms with Crippen molar-refractivity contribution < 1.29 is 9.26 Å². The van der Waals surface area contributed by atoms with Gasteiger partial charge in [-0.3, -0.25) is 0 Å². The molecule has 18 heavy (non-hydrogen) atoms. The summed E-state index contributed by atoms with van der Waals surface area (Å²) in [5, 5.41) is 4.03. The van der Waals surface area contributed by atoms with Crippen LogP contribution in [-0.2, 0) is 10.3 Å². The number of nitrogens with two attached hydrogens (primary N) is 1. The summed E-state index contributed by atoms with van der Waals surface area (Å²) in [5.74, 6) is 1.12. The molecule has 0 amide bonds. The van der Waals surface area contributed by atoms with E-state index in [0.717, 1.165) is 25.0 Å². The zero-order valence-electron chi connectivity index (χ0n) is 10.2. The fourth-order valence-corrected chi connectivity index (χ4v) is 2.14. The van der Waals surface area contributed by atoms with Crippen molar-refractivity contribution in [3.05, 3.63) is 30.1 Å². The molecule has 1 fully saturated rings. The fraction of sp³-hybridized carbons (Fsp3) is 0.385. The lowest BCUT2D eigenvalue weighted by Crippen LogP contribution is -2.21. The van der Waals surface area contributed by atoms with E-state index in [4.69, 9.17) is 15.0 Å². The second kappa shape index (κ2) is 4.10. The molecule has 1 unspecified atom stereocenters. The van der Waals surface area contributed by atoms with Gasteiger partial charge in [0.15, 0.2) is 0 Å². The van der Waals surface area contributed by atoms with E-state index in [-0.39, 0.29) is 0 Å². The van der Waals surface area contributed by atoms with Gasteiger partial charge in [-0.1, -0.05) is 5.16 Å². The first kappa shape index (κ1) is 11.2. The van der Waals surface area contributed by atoms with E-state index in [1.54, 1.807) is 0 Å². The van der Waals surface area contributed by atoms with Crippen molar-refractivity contribution in [1.82, 2.24) is 10.1 Å². The summed E-state index contributed by atoms with van der Waals surface area (Å²) in [6.07, 6.45) is 1.95. The van der Waals surface area contributed by atoms with Crippen LogP contribution < -0.4 is 5.73 Å². The van der Waals surface area contributed by atoms with Gasteiger partial charge in [-0.05, 0) is 44.0 Å². The SMILES string of the molecule is CC1(c2noc(-c3ccc(N)cc3)n2)CCCO1. The highest BCUT2D eigenvalue weighted by Gasteiger charge is 2.36. The normalized spacial score (nSPS) is 23.4. The molecule has 5 heteroatoms. The van der Waals surface area contributed by atoms with Gasteiger partial charge in [-0.25, -0.2) is 0 Å². The van der Waals surface area contributed by atoms with Crippen molar-refractivity contribution in [1.29, 1.82) is 0 Å². The summed E-state index contributed by atoms with van der Waals surface area (Å²) >= 11 is 0. The summed E-state index contributed by atoms with van der Waals surface area (Å²) < 4.78 is 11.0. The maximum Gasteiger partial charge on any atom is 0.258 e. The zero-order valence-corrected chi connectivity index (χ0v) is 10.2. The average molecular weight is 245 g/mol. The number of rotatable bonds is 2. The third-order valence-corrected chi connectivity index (χ3v) is 3.28. The minimum Gasteiger partial charge on any atom is -0.399 e. The van der Waals surface area contributed by atoms with Crippen molar-refractivity contribution in [2.75, 3.05) is 12.3 Å². The molecule has 0 aliphatic carbocycles. The predicted molar refractivity (Wildman–Crippen MR) is 66.7 cm³/mol. The number of aromatic nitrogens is 2. The summed E-state index contributed by atoms with van der Waals surface area (Å²) in [6, 6.07) is 7.36. The number of hydrogen-bond acceptors (Lipinski definition) is 5. The van der Waals surface area contributed by atoms with Crippen molar-refractivity contribution in [2.24, 2.45) is 0 Å². The fourth-order valence-electron chi connectivity index (χ4n) is 2.14. The zero-order chi connectivity index (χ0) is 12.6. The maximum absolute atomic E-state index is 5.69. The van der Waals surface area contributed by atoms with Gasteiger partial charge in [0, 0.05) is 17.9 Å². The van der Waals surface area contributed by atoms with E-state index in [2.05, 4.69) is 10.1 Å². The van der Waals surface area contributed by atoms with Crippen LogP contribution in [-0.4, -0.2) is 16.7 Å². The molecule has 0 radical (unpaired) electrons. The molecule has 1 aromatic carbocycles. The summed E-state index contributed by atoms with van der Waals surface area (Å²) in [7, 11) is 0. The quantitative estimate of drug-likeness (QED) is 0.822. The first-order valence-electron chi connectivity index (χ1n) is 6.01. The van der Waals surface area contributed by atoms with Gasteiger partial charge in [0.05, 0.1) is 0 Å². The molecular formula is C13H15N3O2. The Kier molecular flexibility index (Phi) is 2.56. The molecule has 2 heterocycles. The molecule has 0 bridgehead atoms. The lowest BCUT2D eigenvalue weighted by atomic mass is 10.0. The highest BCUT2D eigenvalue weighted by molar-refractivity contribution is 5.56. The Morgan fingerprint density at radius 2 is 2.06 bits per heavy atom. The van der Waals surface area contributed by atoms with Crippen LogP contribution in [0.15, 0.2) is 28.8 Å². The van der Waals surface area contributed by atoms with E-state index >= 15 is 0 Å². The van der Waals surface area contributed by atoms with Crippen LogP contribution in [0.4, 0.5) is 5.69 Å². The van der Waals surface area contributed by atoms with Crippen LogP contribution >= 0.6 is 0 Å². The van der Waals surface area contributed by atoms with Crippen molar-refractivity contribution >= 4 is 5.69 Å². The number of nitrogen functional groups attached to an aromatic ring is 1. The van der Waals surface area contributed by atoms with Gasteiger partial charge in [0.1, 0.15) is 5.60 Å². The lowest BCUT2D eigenvalue weighted by Gasteiger charge is -2.17. The van der Waals surface area contributed by atoms with Gasteiger partial charge in [-0.15, -0.1) is 0 Å². The molecule has 2 N–H and O–H groups in total. The number of ether oxygens (including phenoxy) is 1. The molecule has 1 saturated heterocycles. The van der Waals surface area contributed by atoms with Crippen molar-refractivity contribution in [2.45, 2.75) is 25.4 Å². The van der Waals surface area contributed by atoms with Gasteiger partial charge in [-0.2, -0.15) is 4.98 Å². The number of anilines is 1. The van der Waals surface area contributed by atoms with Gasteiger partial charge >= 0.3 is 0 Å². The Labute approximate surface area is 105 Å². The monoisotopic (exact) mass is 245 g/mol. The summed E-state index contributed by atoms with van der Waals surface area (Å²) in [6.45, 7) is 2.75. The van der Waals surface area contributed by atoms with Crippen LogP contribution in [0.25, 0.3) is 11.5 Å². The summed E-state index contributed by atoms with van der Waals surface area (Å²) in [5.41, 5.74) is 6.81. The number of hydrogen-bond donors (Lipinski definition) is 1. The molecule has 1 aromatic heterocycles. The van der Waals surface area contributed by atoms with Crippen molar-refractivity contribution in [3.63, 3.8) is 0 Å². The van der Waals surface area contributed by atoms with Gasteiger partial charge in [0.25, 0.3) is 5.89 Å². The van der Waals surface area contributed by atoms with Crippen LogP contribution in [0, 0.1) is 0 Å². The van der Waals surface area contributed by atoms with Crippen LogP contribution in [0.3, 0.4) is 0 Å². The Morgan fingerprint density at radius 3 is 2.72 bits per heavy atom. The second-order valence-corrected chi connectivity index (χ2v) is 4.73. The van der Waals surface area contributed by atoms with E-state index in [9.17, 15) is 0 Å². The molecule has 1 aliphatic rings. The topological polar surface area (TPSA) is 74.2 Å². The minimum atomic E-state index is -0.407. The van der Waals surface area contributed by atoms with E-state index in [1.165, 1.54) is 0 Å². The minimum absolute atomic E-state index is 0.407. The van der Waals surface area contributed by atoms with Crippen molar-refractivity contribution in [3.8, 4) is 11.5 Å². The molecule has 1 atom stereocenters. The smallest absolute Gasteiger partial charge is 0.258 e. The molecule has 94 valence electrons. The Hall–Kier alpha value is -1.88. The molecule has 2 aromatic rings. The van der Waals surface area contributed by atoms with Gasteiger partial charge < -0.3 is 15.0 Å². The molecule has 1 aliphatic heterocycles. The molecule has 3 rings (SSSR count). The standard InChI is InChI=1S/C13H15N3O2/c1-13(7-2-8-17-13)12-15-11(18-16-12)9-3-5-10(14)6-4-9/h3-6H,2,7-8,14H2,1H3. The Morgan fingerprint density at radius 1 is 1.28 bits per heavy atom. The van der Waals surface area contributed by atoms with E-state index in [0.29, 0.717) is 17.4 Å². The highest BCUT2D eigenvalue weighted by atomic mass is 16.5. The lowest BCUT2D eigenvalue weighted by molar-refractivity contribution is 0.00768. The van der Waals surface area contributed by atoms with Crippen LogP contribution in [0.5, 0.6) is 0 Å². The molecular weight excluding hydrogens is 230 g/mol. The van der Waals surface area contributed by atoms with Crippen LogP contribution in [0.1, 0.15) is 25.6 Å². The Balaban J connectivity index is 1.91. The first-order chi connectivity index (χ1) is 8.67. The molecule has 0 spiro atoms. The van der Waals surface area contributed by atoms with E-state index < -0.39 is 5.60 Å². The largest absolute Gasteiger partial charge is 0.399 e.